The van der Waals surface area contributed by atoms with E-state index in [1.54, 1.807) is 22.5 Å². The third-order valence-electron chi connectivity index (χ3n) is 5.86. The van der Waals surface area contributed by atoms with E-state index in [-0.39, 0.29) is 28.9 Å². The number of esters is 1. The molecule has 4 rings (SSSR count). The molecule has 3 unspecified atom stereocenters. The summed E-state index contributed by atoms with van der Waals surface area (Å²) in [4.78, 5) is 11.7. The Balaban J connectivity index is 1.64. The average Bonchev–Trinajstić information content (AvgIpc) is 2.76. The number of allylic oxidation sites excluding steroid dienone is 1. The normalized spacial score (nSPS) is 37.2. The molecule has 0 aromatic rings. The molecule has 4 aliphatic rings. The van der Waals surface area contributed by atoms with Crippen LogP contribution in [0.1, 0.15) is 46.5 Å². The molecule has 25 heavy (non-hydrogen) atoms. The second-order valence-electron chi connectivity index (χ2n) is 9.01. The van der Waals surface area contributed by atoms with Crippen LogP contribution in [0.3, 0.4) is 0 Å². The Morgan fingerprint density at radius 1 is 1.20 bits per heavy atom. The molecular weight excluding hydrogens is 338 g/mol. The quantitative estimate of drug-likeness (QED) is 0.708. The van der Waals surface area contributed by atoms with Crippen molar-refractivity contribution in [1.29, 1.82) is 0 Å². The van der Waals surface area contributed by atoms with Crippen LogP contribution >= 0.6 is 0 Å². The lowest BCUT2D eigenvalue weighted by atomic mass is 9.65. The fourth-order valence-electron chi connectivity index (χ4n) is 5.30. The van der Waals surface area contributed by atoms with Gasteiger partial charge in [-0.15, -0.1) is 0 Å². The van der Waals surface area contributed by atoms with Crippen LogP contribution in [0.2, 0.25) is 0 Å². The fourth-order valence-corrected chi connectivity index (χ4v) is 7.18. The van der Waals surface area contributed by atoms with Gasteiger partial charge in [0.1, 0.15) is 6.10 Å². The summed E-state index contributed by atoms with van der Waals surface area (Å²) in [6.45, 7) is 7.28. The number of carbonyl (C=O) groups excluding carboxylic acids is 1. The smallest absolute Gasteiger partial charge is 0.331 e. The number of ether oxygens (including phenoxy) is 1. The zero-order chi connectivity index (χ0) is 18.0. The molecule has 0 spiro atoms. The van der Waals surface area contributed by atoms with Crippen molar-refractivity contribution in [2.75, 3.05) is 6.54 Å². The topological polar surface area (TPSA) is 63.7 Å². The van der Waals surface area contributed by atoms with Crippen LogP contribution in [0.15, 0.2) is 34.8 Å². The van der Waals surface area contributed by atoms with Gasteiger partial charge in [0.25, 0.3) is 0 Å². The predicted molar refractivity (Wildman–Crippen MR) is 95.0 cm³/mol. The minimum Gasteiger partial charge on any atom is -0.454 e. The van der Waals surface area contributed by atoms with Gasteiger partial charge >= 0.3 is 5.97 Å². The first-order valence-electron chi connectivity index (χ1n) is 8.90. The molecule has 2 fully saturated rings. The number of hydrogen-bond donors (Lipinski definition) is 0. The van der Waals surface area contributed by atoms with Gasteiger partial charge in [0.15, 0.2) is 0 Å². The van der Waals surface area contributed by atoms with Gasteiger partial charge < -0.3 is 4.74 Å². The van der Waals surface area contributed by atoms with E-state index in [0.717, 1.165) is 24.8 Å². The molecule has 2 bridgehead atoms. The van der Waals surface area contributed by atoms with E-state index >= 15 is 0 Å². The first-order valence-corrected chi connectivity index (χ1v) is 10.3. The van der Waals surface area contributed by atoms with E-state index in [1.807, 2.05) is 0 Å². The number of sulfonamides is 1. The Morgan fingerprint density at radius 2 is 1.96 bits per heavy atom. The third kappa shape index (κ3) is 2.89. The van der Waals surface area contributed by atoms with Crippen LogP contribution in [-0.4, -0.2) is 37.4 Å². The molecule has 1 saturated carbocycles. The Hall–Kier alpha value is -1.40. The molecule has 5 nitrogen and oxygen atoms in total. The molecule has 0 aromatic carbocycles. The van der Waals surface area contributed by atoms with Crippen molar-refractivity contribution in [2.45, 2.75) is 58.6 Å². The Morgan fingerprint density at radius 3 is 2.72 bits per heavy atom. The Kier molecular flexibility index (Phi) is 3.61. The standard InChI is InChI=1S/C19H25NO4S/c1-18(2)9-14-10-19(3,11-18)12-20(14)25(22,23)15-5-6-16-13(8-15)4-7-17(21)24-16/h4-5,7-8,14,16H,6,9-12H2,1-3H3. The average molecular weight is 363 g/mol. The maximum Gasteiger partial charge on any atom is 0.331 e. The van der Waals surface area contributed by atoms with Crippen molar-refractivity contribution < 1.29 is 17.9 Å². The first kappa shape index (κ1) is 17.0. The molecule has 6 heteroatoms. The largest absolute Gasteiger partial charge is 0.454 e. The van der Waals surface area contributed by atoms with Gasteiger partial charge in [-0.2, -0.15) is 4.31 Å². The van der Waals surface area contributed by atoms with Gasteiger partial charge in [-0.3, -0.25) is 0 Å². The number of hydrogen-bond acceptors (Lipinski definition) is 4. The van der Waals surface area contributed by atoms with Crippen LogP contribution in [-0.2, 0) is 19.6 Å². The summed E-state index contributed by atoms with van der Waals surface area (Å²) in [5.41, 5.74) is 0.992. The molecule has 136 valence electrons. The first-order chi connectivity index (χ1) is 11.6. The maximum atomic E-state index is 13.3. The lowest BCUT2D eigenvalue weighted by molar-refractivity contribution is -0.141. The van der Waals surface area contributed by atoms with Crippen molar-refractivity contribution in [2.24, 2.45) is 10.8 Å². The fraction of sp³-hybridized carbons (Fsp3) is 0.632. The SMILES string of the molecule is CC1(C)CC2CC(C)(CN2S(=O)(=O)C2=CCC3OC(=O)C=CC3=C2)C1. The van der Waals surface area contributed by atoms with Crippen LogP contribution in [0.5, 0.6) is 0 Å². The van der Waals surface area contributed by atoms with E-state index in [9.17, 15) is 13.2 Å². The van der Waals surface area contributed by atoms with Crippen LogP contribution in [0.4, 0.5) is 0 Å². The number of rotatable bonds is 2. The highest BCUT2D eigenvalue weighted by atomic mass is 32.2. The highest BCUT2D eigenvalue weighted by Gasteiger charge is 2.53. The lowest BCUT2D eigenvalue weighted by Crippen LogP contribution is -2.38. The molecule has 0 radical (unpaired) electrons. The molecule has 2 heterocycles. The summed E-state index contributed by atoms with van der Waals surface area (Å²) in [5.74, 6) is -0.370. The summed E-state index contributed by atoms with van der Waals surface area (Å²) in [6, 6.07) is 0.0792. The van der Waals surface area contributed by atoms with E-state index in [0.29, 0.717) is 17.9 Å². The highest BCUT2D eigenvalue weighted by Crippen LogP contribution is 2.53. The molecule has 0 N–H and O–H groups in total. The highest BCUT2D eigenvalue weighted by molar-refractivity contribution is 7.93. The third-order valence-corrected chi connectivity index (χ3v) is 7.78. The molecule has 2 aliphatic heterocycles. The van der Waals surface area contributed by atoms with Gasteiger partial charge in [0.2, 0.25) is 10.0 Å². The summed E-state index contributed by atoms with van der Waals surface area (Å²) in [6.07, 6.45) is 9.36. The van der Waals surface area contributed by atoms with Crippen molar-refractivity contribution in [1.82, 2.24) is 4.31 Å². The van der Waals surface area contributed by atoms with Gasteiger partial charge in [0.05, 0.1) is 4.91 Å². The molecule has 3 atom stereocenters. The van der Waals surface area contributed by atoms with Crippen molar-refractivity contribution in [3.8, 4) is 0 Å². The summed E-state index contributed by atoms with van der Waals surface area (Å²) < 4.78 is 33.6. The van der Waals surface area contributed by atoms with Gasteiger partial charge in [0, 0.05) is 25.1 Å². The monoisotopic (exact) mass is 363 g/mol. The van der Waals surface area contributed by atoms with Crippen molar-refractivity contribution in [3.63, 3.8) is 0 Å². The zero-order valence-corrected chi connectivity index (χ0v) is 15.8. The molecule has 2 aliphatic carbocycles. The Labute approximate surface area is 149 Å². The second-order valence-corrected chi connectivity index (χ2v) is 10.9. The molecule has 1 saturated heterocycles. The summed E-state index contributed by atoms with van der Waals surface area (Å²) in [5, 5.41) is 0. The number of carbonyl (C=O) groups is 1. The Bertz CT molecular complexity index is 820. The summed E-state index contributed by atoms with van der Waals surface area (Å²) in [7, 11) is -3.52. The lowest BCUT2D eigenvalue weighted by Gasteiger charge is -2.39. The van der Waals surface area contributed by atoms with Crippen LogP contribution < -0.4 is 0 Å². The van der Waals surface area contributed by atoms with E-state index in [2.05, 4.69) is 20.8 Å². The van der Waals surface area contributed by atoms with E-state index < -0.39 is 10.0 Å². The van der Waals surface area contributed by atoms with E-state index in [4.69, 9.17) is 4.74 Å². The van der Waals surface area contributed by atoms with Crippen LogP contribution in [0, 0.1) is 10.8 Å². The van der Waals surface area contributed by atoms with Gasteiger partial charge in [-0.1, -0.05) is 26.8 Å². The van der Waals surface area contributed by atoms with Gasteiger partial charge in [-0.05, 0) is 47.8 Å². The second kappa shape index (κ2) is 5.30. The predicted octanol–water partition coefficient (Wildman–Crippen LogP) is 2.91. The summed E-state index contributed by atoms with van der Waals surface area (Å²) >= 11 is 0. The molecule has 0 amide bonds. The van der Waals surface area contributed by atoms with Crippen molar-refractivity contribution in [3.05, 3.63) is 34.8 Å². The van der Waals surface area contributed by atoms with E-state index in [1.165, 1.54) is 6.08 Å². The number of fused-ring (bicyclic) bond motifs is 3. The zero-order valence-electron chi connectivity index (χ0n) is 15.0. The maximum absolute atomic E-state index is 13.3. The number of nitrogens with zero attached hydrogens (tertiary/aromatic N) is 1. The molecule has 0 aromatic heterocycles. The van der Waals surface area contributed by atoms with Crippen LogP contribution in [0.25, 0.3) is 0 Å². The minimum atomic E-state index is -3.52. The van der Waals surface area contributed by atoms with Crippen molar-refractivity contribution >= 4 is 16.0 Å². The molecular formula is C19H25NO4S. The van der Waals surface area contributed by atoms with Gasteiger partial charge in [-0.25, -0.2) is 13.2 Å². The minimum absolute atomic E-state index is 0.0602.